The summed E-state index contributed by atoms with van der Waals surface area (Å²) in [6.07, 6.45) is 0.316. The largest absolute Gasteiger partial charge is 0.494 e. The average Bonchev–Trinajstić information content (AvgIpc) is 2.38. The van der Waals surface area contributed by atoms with Crippen LogP contribution >= 0.6 is 15.9 Å². The Balaban J connectivity index is 2.28. The number of methoxy groups -OCH3 is 1. The predicted molar refractivity (Wildman–Crippen MR) is 80.4 cm³/mol. The molecule has 106 valence electrons. The molecule has 1 N–H and O–H groups in total. The molecule has 0 aromatic heterocycles. The van der Waals surface area contributed by atoms with E-state index in [1.807, 2.05) is 24.3 Å². The summed E-state index contributed by atoms with van der Waals surface area (Å²) in [7, 11) is 1.43. The van der Waals surface area contributed by atoms with Crippen molar-refractivity contribution in [3.63, 3.8) is 0 Å². The van der Waals surface area contributed by atoms with Gasteiger partial charge < -0.3 is 9.84 Å². The number of ether oxygens (including phenoxy) is 1. The van der Waals surface area contributed by atoms with E-state index in [1.165, 1.54) is 13.2 Å². The minimum atomic E-state index is -1.08. The summed E-state index contributed by atoms with van der Waals surface area (Å²) in [4.78, 5) is 0. The van der Waals surface area contributed by atoms with Crippen molar-refractivity contribution in [3.05, 3.63) is 63.9 Å². The predicted octanol–water partition coefficient (Wildman–Crippen LogP) is 4.05. The van der Waals surface area contributed by atoms with Crippen molar-refractivity contribution in [3.8, 4) is 5.75 Å². The molecule has 2 nitrogen and oxygen atoms in total. The van der Waals surface area contributed by atoms with Gasteiger partial charge >= 0.3 is 0 Å². The summed E-state index contributed by atoms with van der Waals surface area (Å²) in [5.74, 6) is -0.220. The lowest BCUT2D eigenvalue weighted by Gasteiger charge is -2.25. The van der Waals surface area contributed by atoms with E-state index < -0.39 is 11.4 Å². The van der Waals surface area contributed by atoms with Crippen LogP contribution in [0.2, 0.25) is 0 Å². The average molecular weight is 339 g/mol. The Morgan fingerprint density at radius 3 is 2.55 bits per heavy atom. The topological polar surface area (TPSA) is 29.5 Å². The highest BCUT2D eigenvalue weighted by molar-refractivity contribution is 9.10. The Kier molecular flexibility index (Phi) is 4.45. The summed E-state index contributed by atoms with van der Waals surface area (Å²) < 4.78 is 19.4. The van der Waals surface area contributed by atoms with E-state index in [2.05, 4.69) is 15.9 Å². The van der Waals surface area contributed by atoms with Gasteiger partial charge in [0.2, 0.25) is 0 Å². The van der Waals surface area contributed by atoms with Gasteiger partial charge in [0, 0.05) is 10.9 Å². The van der Waals surface area contributed by atoms with Crippen molar-refractivity contribution in [1.82, 2.24) is 0 Å². The van der Waals surface area contributed by atoms with E-state index >= 15 is 0 Å². The maximum Gasteiger partial charge on any atom is 0.165 e. The first-order chi connectivity index (χ1) is 9.44. The zero-order valence-electron chi connectivity index (χ0n) is 11.4. The van der Waals surface area contributed by atoms with Gasteiger partial charge in [0.25, 0.3) is 0 Å². The van der Waals surface area contributed by atoms with Crippen LogP contribution in [-0.2, 0) is 12.0 Å². The molecular weight excluding hydrogens is 323 g/mol. The maximum atomic E-state index is 13.7. The van der Waals surface area contributed by atoms with Gasteiger partial charge in [0.1, 0.15) is 0 Å². The number of aliphatic hydroxyl groups is 1. The monoisotopic (exact) mass is 338 g/mol. The lowest BCUT2D eigenvalue weighted by Crippen LogP contribution is -2.24. The van der Waals surface area contributed by atoms with Crippen molar-refractivity contribution in [2.24, 2.45) is 0 Å². The Bertz CT molecular complexity index is 611. The second-order valence-electron chi connectivity index (χ2n) is 4.90. The molecule has 0 spiro atoms. The smallest absolute Gasteiger partial charge is 0.165 e. The first-order valence-corrected chi connectivity index (χ1v) is 7.03. The van der Waals surface area contributed by atoms with Gasteiger partial charge in [0.05, 0.1) is 12.7 Å². The number of rotatable bonds is 4. The third kappa shape index (κ3) is 3.19. The summed E-state index contributed by atoms with van der Waals surface area (Å²) in [5.41, 5.74) is 0.404. The zero-order valence-corrected chi connectivity index (χ0v) is 12.9. The van der Waals surface area contributed by atoms with Crippen LogP contribution in [0, 0.1) is 5.82 Å². The third-order valence-corrected chi connectivity index (χ3v) is 3.91. The van der Waals surface area contributed by atoms with Crippen molar-refractivity contribution in [2.75, 3.05) is 7.11 Å². The molecule has 0 bridgehead atoms. The van der Waals surface area contributed by atoms with E-state index in [0.29, 0.717) is 12.0 Å². The normalized spacial score (nSPS) is 13.8. The van der Waals surface area contributed by atoms with E-state index in [9.17, 15) is 9.50 Å². The first-order valence-electron chi connectivity index (χ1n) is 6.24. The van der Waals surface area contributed by atoms with Crippen LogP contribution in [-0.4, -0.2) is 12.2 Å². The second kappa shape index (κ2) is 5.94. The van der Waals surface area contributed by atoms with Crippen LogP contribution < -0.4 is 4.74 Å². The Hall–Kier alpha value is -1.39. The molecule has 20 heavy (non-hydrogen) atoms. The molecule has 1 unspecified atom stereocenters. The summed E-state index contributed by atoms with van der Waals surface area (Å²) in [6.45, 7) is 1.72. The molecule has 0 aliphatic heterocycles. The van der Waals surface area contributed by atoms with Crippen LogP contribution in [0.3, 0.4) is 0 Å². The number of hydrogen-bond acceptors (Lipinski definition) is 2. The highest BCUT2D eigenvalue weighted by atomic mass is 79.9. The summed E-state index contributed by atoms with van der Waals surface area (Å²) in [5, 5.41) is 10.7. The van der Waals surface area contributed by atoms with Gasteiger partial charge in [-0.3, -0.25) is 0 Å². The van der Waals surface area contributed by atoms with E-state index in [0.717, 1.165) is 10.0 Å². The fraction of sp³-hybridized carbons (Fsp3) is 0.250. The van der Waals surface area contributed by atoms with Crippen molar-refractivity contribution in [1.29, 1.82) is 0 Å². The van der Waals surface area contributed by atoms with E-state index in [4.69, 9.17) is 4.74 Å². The lowest BCUT2D eigenvalue weighted by atomic mass is 9.89. The molecule has 0 amide bonds. The molecule has 0 aliphatic carbocycles. The van der Waals surface area contributed by atoms with Crippen LogP contribution in [0.25, 0.3) is 0 Å². The van der Waals surface area contributed by atoms with E-state index in [-0.39, 0.29) is 5.75 Å². The molecule has 0 fully saturated rings. The molecule has 4 heteroatoms. The molecule has 1 atom stereocenters. The molecule has 0 heterocycles. The molecule has 0 radical (unpaired) electrons. The highest BCUT2D eigenvalue weighted by Crippen LogP contribution is 2.32. The van der Waals surface area contributed by atoms with Crippen LogP contribution in [0.1, 0.15) is 18.1 Å². The van der Waals surface area contributed by atoms with Crippen molar-refractivity contribution in [2.45, 2.75) is 18.9 Å². The number of hydrogen-bond donors (Lipinski definition) is 1. The van der Waals surface area contributed by atoms with Crippen LogP contribution in [0.15, 0.2) is 46.9 Å². The standard InChI is InChI=1S/C16H16BrFO2/c1-16(19,12-5-3-4-6-13(12)17)10-11-7-8-15(20-2)14(18)9-11/h3-9,19H,10H2,1-2H3. The lowest BCUT2D eigenvalue weighted by molar-refractivity contribution is 0.0568. The quantitative estimate of drug-likeness (QED) is 0.911. The summed E-state index contributed by atoms with van der Waals surface area (Å²) >= 11 is 3.43. The van der Waals surface area contributed by atoms with Gasteiger partial charge in [-0.1, -0.05) is 40.2 Å². The minimum absolute atomic E-state index is 0.203. The van der Waals surface area contributed by atoms with Gasteiger partial charge in [0.15, 0.2) is 11.6 Å². The molecule has 0 aliphatic rings. The maximum absolute atomic E-state index is 13.7. The minimum Gasteiger partial charge on any atom is -0.494 e. The van der Waals surface area contributed by atoms with Gasteiger partial charge in [-0.2, -0.15) is 0 Å². The third-order valence-electron chi connectivity index (χ3n) is 3.22. The first kappa shape index (κ1) is 15.0. The Morgan fingerprint density at radius 1 is 1.25 bits per heavy atom. The molecule has 0 saturated carbocycles. The SMILES string of the molecule is COc1ccc(CC(C)(O)c2ccccc2Br)cc1F. The molecule has 0 saturated heterocycles. The van der Waals surface area contributed by atoms with Gasteiger partial charge in [-0.15, -0.1) is 0 Å². The van der Waals surface area contributed by atoms with Crippen LogP contribution in [0.5, 0.6) is 5.75 Å². The van der Waals surface area contributed by atoms with Crippen LogP contribution in [0.4, 0.5) is 4.39 Å². The number of halogens is 2. The van der Waals surface area contributed by atoms with Gasteiger partial charge in [-0.25, -0.2) is 4.39 Å². The Labute approximate surface area is 126 Å². The molecule has 2 aromatic carbocycles. The fourth-order valence-corrected chi connectivity index (χ4v) is 2.92. The highest BCUT2D eigenvalue weighted by Gasteiger charge is 2.26. The molecular formula is C16H16BrFO2. The number of benzene rings is 2. The fourth-order valence-electron chi connectivity index (χ4n) is 2.21. The van der Waals surface area contributed by atoms with Gasteiger partial charge in [-0.05, 0) is 36.2 Å². The Morgan fingerprint density at radius 2 is 1.95 bits per heavy atom. The molecule has 2 rings (SSSR count). The van der Waals surface area contributed by atoms with E-state index in [1.54, 1.807) is 19.1 Å². The van der Waals surface area contributed by atoms with Crippen molar-refractivity contribution < 1.29 is 14.2 Å². The second-order valence-corrected chi connectivity index (χ2v) is 5.75. The van der Waals surface area contributed by atoms with Crippen molar-refractivity contribution >= 4 is 15.9 Å². The summed E-state index contributed by atoms with van der Waals surface area (Å²) in [6, 6.07) is 12.2. The molecule has 2 aromatic rings. The zero-order chi connectivity index (χ0) is 14.8.